The molecule has 0 aliphatic rings. The second kappa shape index (κ2) is 5.93. The van der Waals surface area contributed by atoms with Crippen LogP contribution < -0.4 is 5.32 Å². The highest BCUT2D eigenvalue weighted by Gasteiger charge is 2.01. The van der Waals surface area contributed by atoms with Gasteiger partial charge < -0.3 is 5.32 Å². The van der Waals surface area contributed by atoms with Crippen LogP contribution in [0.2, 0.25) is 0 Å². The van der Waals surface area contributed by atoms with Crippen molar-refractivity contribution in [1.29, 1.82) is 0 Å². The smallest absolute Gasteiger partial charge is 0.249 e. The van der Waals surface area contributed by atoms with E-state index in [1.807, 2.05) is 30.5 Å². The van der Waals surface area contributed by atoms with Gasteiger partial charge in [-0.25, -0.2) is 4.98 Å². The summed E-state index contributed by atoms with van der Waals surface area (Å²) >= 11 is 4.95. The lowest BCUT2D eigenvalue weighted by Gasteiger charge is -2.03. The Labute approximate surface area is 118 Å². The van der Waals surface area contributed by atoms with Crippen molar-refractivity contribution >= 4 is 45.1 Å². The van der Waals surface area contributed by atoms with Crippen LogP contribution in [0, 0.1) is 6.92 Å². The lowest BCUT2D eigenvalue weighted by atomic mass is 10.3. The number of amides is 1. The quantitative estimate of drug-likeness (QED) is 0.872. The van der Waals surface area contributed by atoms with Crippen molar-refractivity contribution in [2.75, 3.05) is 5.32 Å². The number of carbonyl (C=O) groups is 1. The van der Waals surface area contributed by atoms with Crippen LogP contribution in [0.3, 0.4) is 0 Å². The Morgan fingerprint density at radius 2 is 2.28 bits per heavy atom. The number of aromatic nitrogens is 1. The van der Waals surface area contributed by atoms with Gasteiger partial charge in [0.1, 0.15) is 5.82 Å². The van der Waals surface area contributed by atoms with Gasteiger partial charge in [-0.05, 0) is 52.5 Å². The fourth-order valence-electron chi connectivity index (χ4n) is 1.33. The summed E-state index contributed by atoms with van der Waals surface area (Å²) in [6.07, 6.45) is 3.29. The monoisotopic (exact) mass is 322 g/mol. The van der Waals surface area contributed by atoms with Gasteiger partial charge in [0.05, 0.1) is 5.69 Å². The Kier molecular flexibility index (Phi) is 4.28. The van der Waals surface area contributed by atoms with Gasteiger partial charge in [-0.2, -0.15) is 0 Å². The summed E-state index contributed by atoms with van der Waals surface area (Å²) in [5.74, 6) is 0.370. The molecule has 3 nitrogen and oxygen atoms in total. The molecule has 1 N–H and O–H groups in total. The molecule has 0 aliphatic heterocycles. The van der Waals surface area contributed by atoms with Crippen molar-refractivity contribution < 1.29 is 4.79 Å². The predicted molar refractivity (Wildman–Crippen MR) is 78.7 cm³/mol. The molecule has 2 aromatic heterocycles. The summed E-state index contributed by atoms with van der Waals surface area (Å²) in [6, 6.07) is 7.52. The van der Waals surface area contributed by atoms with E-state index in [1.54, 1.807) is 23.5 Å². The Balaban J connectivity index is 2.01. The third kappa shape index (κ3) is 3.51. The van der Waals surface area contributed by atoms with E-state index in [0.717, 1.165) is 15.0 Å². The Bertz CT molecular complexity index is 579. The third-order valence-electron chi connectivity index (χ3n) is 2.21. The average Bonchev–Trinajstić information content (AvgIpc) is 2.84. The minimum Gasteiger partial charge on any atom is -0.307 e. The topological polar surface area (TPSA) is 42.0 Å². The number of hydrogen-bond donors (Lipinski definition) is 1. The van der Waals surface area contributed by atoms with Crippen molar-refractivity contribution in [3.05, 3.63) is 50.8 Å². The highest BCUT2D eigenvalue weighted by atomic mass is 79.9. The van der Waals surface area contributed by atoms with Gasteiger partial charge in [0.15, 0.2) is 0 Å². The second-order valence-electron chi connectivity index (χ2n) is 3.60. The molecule has 92 valence electrons. The normalized spacial score (nSPS) is 10.8. The maximum absolute atomic E-state index is 11.7. The number of nitrogens with one attached hydrogen (secondary N) is 1. The van der Waals surface area contributed by atoms with E-state index in [9.17, 15) is 4.79 Å². The highest BCUT2D eigenvalue weighted by Crippen LogP contribution is 2.16. The number of aryl methyl sites for hydroxylation is 1. The number of halogens is 1. The van der Waals surface area contributed by atoms with Crippen molar-refractivity contribution in [2.24, 2.45) is 0 Å². The molecule has 2 heterocycles. The first-order valence-electron chi connectivity index (χ1n) is 5.31. The number of anilines is 1. The number of rotatable bonds is 3. The molecular weight excluding hydrogens is 312 g/mol. The van der Waals surface area contributed by atoms with E-state index >= 15 is 0 Å². The first kappa shape index (κ1) is 13.0. The molecule has 18 heavy (non-hydrogen) atoms. The molecule has 0 atom stereocenters. The van der Waals surface area contributed by atoms with Crippen LogP contribution >= 0.6 is 27.3 Å². The Hall–Kier alpha value is -1.46. The van der Waals surface area contributed by atoms with Crippen molar-refractivity contribution in [3.8, 4) is 0 Å². The fourth-order valence-corrected chi connectivity index (χ4v) is 2.16. The van der Waals surface area contributed by atoms with E-state index in [4.69, 9.17) is 0 Å². The van der Waals surface area contributed by atoms with E-state index in [2.05, 4.69) is 26.2 Å². The third-order valence-corrected chi connectivity index (χ3v) is 3.89. The van der Waals surface area contributed by atoms with Crippen molar-refractivity contribution in [2.45, 2.75) is 6.92 Å². The number of hydrogen-bond acceptors (Lipinski definition) is 3. The molecule has 0 fully saturated rings. The zero-order valence-electron chi connectivity index (χ0n) is 9.68. The van der Waals surface area contributed by atoms with Crippen LogP contribution in [0.15, 0.2) is 40.2 Å². The van der Waals surface area contributed by atoms with Crippen LogP contribution in [0.25, 0.3) is 6.08 Å². The molecule has 0 aliphatic carbocycles. The molecule has 0 spiro atoms. The standard InChI is InChI=1S/C13H11BrN2OS/c1-9-11(14)5-6-12(15-9)16-13(17)7-4-10-3-2-8-18-10/h2-8H,1H3,(H,15,16,17). The average molecular weight is 323 g/mol. The molecule has 0 aromatic carbocycles. The van der Waals surface area contributed by atoms with Gasteiger partial charge >= 0.3 is 0 Å². The molecule has 2 aromatic rings. The van der Waals surface area contributed by atoms with Crippen LogP contribution in [-0.4, -0.2) is 10.9 Å². The van der Waals surface area contributed by atoms with Gasteiger partial charge in [-0.1, -0.05) is 6.07 Å². The lowest BCUT2D eigenvalue weighted by Crippen LogP contribution is -2.09. The van der Waals surface area contributed by atoms with Gasteiger partial charge in [0.2, 0.25) is 5.91 Å². The summed E-state index contributed by atoms with van der Waals surface area (Å²) in [5.41, 5.74) is 0.843. The second-order valence-corrected chi connectivity index (χ2v) is 5.44. The minimum atomic E-state index is -0.183. The summed E-state index contributed by atoms with van der Waals surface area (Å²) in [6.45, 7) is 1.88. The van der Waals surface area contributed by atoms with Gasteiger partial charge in [0.25, 0.3) is 0 Å². The summed E-state index contributed by atoms with van der Waals surface area (Å²) in [5, 5.41) is 4.69. The van der Waals surface area contributed by atoms with Crippen molar-refractivity contribution in [1.82, 2.24) is 4.98 Å². The number of thiophene rings is 1. The maximum Gasteiger partial charge on any atom is 0.249 e. The first-order valence-corrected chi connectivity index (χ1v) is 6.98. The van der Waals surface area contributed by atoms with Gasteiger partial charge in [-0.3, -0.25) is 4.79 Å². The lowest BCUT2D eigenvalue weighted by molar-refractivity contribution is -0.111. The molecular formula is C13H11BrN2OS. The fraction of sp³-hybridized carbons (Fsp3) is 0.0769. The van der Waals surface area contributed by atoms with Crippen molar-refractivity contribution in [3.63, 3.8) is 0 Å². The zero-order chi connectivity index (χ0) is 13.0. The molecule has 0 bridgehead atoms. The molecule has 1 amide bonds. The van der Waals surface area contributed by atoms with E-state index in [-0.39, 0.29) is 5.91 Å². The first-order chi connectivity index (χ1) is 8.65. The summed E-state index contributed by atoms with van der Waals surface area (Å²) < 4.78 is 0.926. The zero-order valence-corrected chi connectivity index (χ0v) is 12.1. The van der Waals surface area contributed by atoms with Gasteiger partial charge in [-0.15, -0.1) is 11.3 Å². The largest absolute Gasteiger partial charge is 0.307 e. The SMILES string of the molecule is Cc1nc(NC(=O)C=Cc2cccs2)ccc1Br. The predicted octanol–water partition coefficient (Wildman–Crippen LogP) is 3.87. The Morgan fingerprint density at radius 3 is 2.94 bits per heavy atom. The van der Waals surface area contributed by atoms with Crippen LogP contribution in [0.1, 0.15) is 10.6 Å². The van der Waals surface area contributed by atoms with Crippen LogP contribution in [-0.2, 0) is 4.79 Å². The minimum absolute atomic E-state index is 0.183. The summed E-state index contributed by atoms with van der Waals surface area (Å²) in [7, 11) is 0. The van der Waals surface area contributed by atoms with Crippen LogP contribution in [0.5, 0.6) is 0 Å². The number of carbonyl (C=O) groups excluding carboxylic acids is 1. The molecule has 0 radical (unpaired) electrons. The number of nitrogens with zero attached hydrogens (tertiary/aromatic N) is 1. The molecule has 2 rings (SSSR count). The molecule has 0 saturated heterocycles. The highest BCUT2D eigenvalue weighted by molar-refractivity contribution is 9.10. The van der Waals surface area contributed by atoms with E-state index in [1.165, 1.54) is 6.08 Å². The number of pyridine rings is 1. The summed E-state index contributed by atoms with van der Waals surface area (Å²) in [4.78, 5) is 17.0. The van der Waals surface area contributed by atoms with E-state index in [0.29, 0.717) is 5.82 Å². The van der Waals surface area contributed by atoms with E-state index < -0.39 is 0 Å². The molecule has 5 heteroatoms. The Morgan fingerprint density at radius 1 is 1.44 bits per heavy atom. The molecule has 0 saturated carbocycles. The maximum atomic E-state index is 11.7. The van der Waals surface area contributed by atoms with Gasteiger partial charge in [0, 0.05) is 15.4 Å². The molecule has 0 unspecified atom stereocenters. The van der Waals surface area contributed by atoms with Crippen LogP contribution in [0.4, 0.5) is 5.82 Å².